The van der Waals surface area contributed by atoms with E-state index >= 15 is 0 Å². The monoisotopic (exact) mass is 350 g/mol. The van der Waals surface area contributed by atoms with E-state index in [0.717, 1.165) is 5.56 Å². The predicted molar refractivity (Wildman–Crippen MR) is 87.6 cm³/mol. The summed E-state index contributed by atoms with van der Waals surface area (Å²) in [4.78, 5) is 37.9. The Labute approximate surface area is 145 Å². The van der Waals surface area contributed by atoms with Gasteiger partial charge >= 0.3 is 12.1 Å². The Hall–Kier alpha value is -2.61. The molecule has 2 unspecified atom stereocenters. The van der Waals surface area contributed by atoms with E-state index in [1.54, 1.807) is 6.92 Å². The summed E-state index contributed by atoms with van der Waals surface area (Å²) in [6, 6.07) is 8.50. The average Bonchev–Trinajstić information content (AvgIpc) is 2.57. The van der Waals surface area contributed by atoms with Crippen LogP contribution in [0, 0.1) is 0 Å². The Balaban J connectivity index is 1.87. The smallest absolute Gasteiger partial charge is 0.410 e. The third kappa shape index (κ3) is 5.18. The van der Waals surface area contributed by atoms with E-state index in [1.807, 2.05) is 30.3 Å². The first-order chi connectivity index (χ1) is 11.9. The molecule has 0 aromatic heterocycles. The van der Waals surface area contributed by atoms with Gasteiger partial charge in [-0.25, -0.2) is 4.79 Å². The Bertz CT molecular complexity index is 621. The van der Waals surface area contributed by atoms with Crippen molar-refractivity contribution in [1.29, 1.82) is 0 Å². The molecule has 0 bridgehead atoms. The Kier molecular flexibility index (Phi) is 6.35. The molecule has 2 atom stereocenters. The van der Waals surface area contributed by atoms with Crippen molar-refractivity contribution in [3.05, 3.63) is 35.9 Å². The second kappa shape index (κ2) is 8.48. The summed E-state index contributed by atoms with van der Waals surface area (Å²) >= 11 is 0. The molecule has 136 valence electrons. The number of carbonyl (C=O) groups excluding carboxylic acids is 2. The zero-order chi connectivity index (χ0) is 18.4. The van der Waals surface area contributed by atoms with Gasteiger partial charge in [0.25, 0.3) is 0 Å². The third-order valence-corrected chi connectivity index (χ3v) is 4.03. The fraction of sp³-hybridized carbons (Fsp3) is 0.471. The van der Waals surface area contributed by atoms with Crippen LogP contribution in [-0.2, 0) is 20.9 Å². The molecule has 1 heterocycles. The van der Waals surface area contributed by atoms with Crippen molar-refractivity contribution in [1.82, 2.24) is 9.80 Å². The number of hydrogen-bond donors (Lipinski definition) is 2. The topological polar surface area (TPSA) is 107 Å². The second-order valence-corrected chi connectivity index (χ2v) is 5.95. The molecule has 25 heavy (non-hydrogen) atoms. The number of hydrogen-bond acceptors (Lipinski definition) is 5. The van der Waals surface area contributed by atoms with Crippen molar-refractivity contribution < 1.29 is 29.3 Å². The first-order valence-electron chi connectivity index (χ1n) is 8.04. The van der Waals surface area contributed by atoms with Crippen molar-refractivity contribution >= 4 is 18.0 Å². The van der Waals surface area contributed by atoms with E-state index in [-0.39, 0.29) is 32.1 Å². The zero-order valence-electron chi connectivity index (χ0n) is 14.0. The molecule has 1 aromatic rings. The average molecular weight is 350 g/mol. The van der Waals surface area contributed by atoms with Crippen LogP contribution in [0.5, 0.6) is 0 Å². The number of benzene rings is 1. The van der Waals surface area contributed by atoms with Gasteiger partial charge in [0.1, 0.15) is 12.6 Å². The first-order valence-corrected chi connectivity index (χ1v) is 8.04. The lowest BCUT2D eigenvalue weighted by Gasteiger charge is -2.39. The fourth-order valence-corrected chi connectivity index (χ4v) is 2.68. The number of ether oxygens (including phenoxy) is 1. The minimum Gasteiger partial charge on any atom is -0.481 e. The van der Waals surface area contributed by atoms with Gasteiger partial charge in [0.05, 0.1) is 12.5 Å². The summed E-state index contributed by atoms with van der Waals surface area (Å²) in [5.74, 6) is -1.47. The highest BCUT2D eigenvalue weighted by Gasteiger charge is 2.36. The lowest BCUT2D eigenvalue weighted by Crippen LogP contribution is -2.58. The molecule has 1 fully saturated rings. The van der Waals surface area contributed by atoms with Crippen molar-refractivity contribution in [2.24, 2.45) is 0 Å². The van der Waals surface area contributed by atoms with E-state index in [0.29, 0.717) is 0 Å². The van der Waals surface area contributed by atoms with Crippen LogP contribution in [-0.4, -0.2) is 69.8 Å². The molecule has 8 nitrogen and oxygen atoms in total. The van der Waals surface area contributed by atoms with E-state index in [2.05, 4.69) is 0 Å². The van der Waals surface area contributed by atoms with Crippen molar-refractivity contribution in [3.63, 3.8) is 0 Å². The molecule has 1 aliphatic heterocycles. The van der Waals surface area contributed by atoms with Crippen LogP contribution in [0.25, 0.3) is 0 Å². The lowest BCUT2D eigenvalue weighted by atomic mass is 10.1. The number of β-amino-alcohol motifs (C(OH)–C–C–N with tert-alkyl or cyclic N) is 1. The fourth-order valence-electron chi connectivity index (χ4n) is 2.68. The number of aliphatic hydroxyl groups excluding tert-OH is 1. The van der Waals surface area contributed by atoms with Gasteiger partial charge in [-0.15, -0.1) is 0 Å². The number of carbonyl (C=O) groups is 3. The van der Waals surface area contributed by atoms with Crippen molar-refractivity contribution in [2.75, 3.05) is 19.6 Å². The van der Waals surface area contributed by atoms with Crippen LogP contribution in [0.4, 0.5) is 4.79 Å². The number of carboxylic acid groups (broad SMARTS) is 1. The molecule has 0 radical (unpaired) electrons. The van der Waals surface area contributed by atoms with Crippen molar-refractivity contribution in [2.45, 2.75) is 32.1 Å². The van der Waals surface area contributed by atoms with Crippen LogP contribution in [0.3, 0.4) is 0 Å². The van der Waals surface area contributed by atoms with Crippen LogP contribution >= 0.6 is 0 Å². The third-order valence-electron chi connectivity index (χ3n) is 4.03. The molecule has 2 rings (SSSR count). The highest BCUT2D eigenvalue weighted by Crippen LogP contribution is 2.14. The molecular weight excluding hydrogens is 328 g/mol. The minimum atomic E-state index is -1.13. The number of nitrogens with zero attached hydrogens (tertiary/aromatic N) is 2. The number of aliphatic carboxylic acids is 1. The van der Waals surface area contributed by atoms with Crippen LogP contribution < -0.4 is 0 Å². The van der Waals surface area contributed by atoms with Gasteiger partial charge < -0.3 is 19.8 Å². The largest absolute Gasteiger partial charge is 0.481 e. The number of carboxylic acids is 1. The van der Waals surface area contributed by atoms with Crippen molar-refractivity contribution in [3.8, 4) is 0 Å². The lowest BCUT2D eigenvalue weighted by molar-refractivity contribution is -0.145. The molecule has 1 aliphatic rings. The van der Waals surface area contributed by atoms with E-state index < -0.39 is 30.6 Å². The van der Waals surface area contributed by atoms with Crippen LogP contribution in [0.2, 0.25) is 0 Å². The molecule has 2 amide bonds. The van der Waals surface area contributed by atoms with Gasteiger partial charge in [0.2, 0.25) is 5.91 Å². The highest BCUT2D eigenvalue weighted by molar-refractivity contribution is 5.86. The molecule has 8 heteroatoms. The normalized spacial score (nSPS) is 18.8. The molecule has 0 spiro atoms. The number of piperazine rings is 1. The van der Waals surface area contributed by atoms with Crippen LogP contribution in [0.1, 0.15) is 18.9 Å². The number of aliphatic hydroxyl groups is 1. The Morgan fingerprint density at radius 1 is 1.28 bits per heavy atom. The quantitative estimate of drug-likeness (QED) is 0.782. The maximum atomic E-state index is 12.4. The Morgan fingerprint density at radius 3 is 2.60 bits per heavy atom. The zero-order valence-corrected chi connectivity index (χ0v) is 14.0. The molecule has 2 N–H and O–H groups in total. The molecule has 0 saturated carbocycles. The maximum Gasteiger partial charge on any atom is 0.410 e. The number of amides is 2. The van der Waals surface area contributed by atoms with Gasteiger partial charge in [-0.1, -0.05) is 30.3 Å². The van der Waals surface area contributed by atoms with Gasteiger partial charge in [-0.3, -0.25) is 14.5 Å². The van der Waals surface area contributed by atoms with E-state index in [1.165, 1.54) is 9.80 Å². The second-order valence-electron chi connectivity index (χ2n) is 5.95. The first kappa shape index (κ1) is 18.7. The summed E-state index contributed by atoms with van der Waals surface area (Å²) in [5, 5.41) is 18.3. The SMILES string of the molecule is CC1C(=O)N(CC(O)CC(=O)O)CCN1C(=O)OCc1ccccc1. The van der Waals surface area contributed by atoms with E-state index in [9.17, 15) is 19.5 Å². The number of rotatable bonds is 6. The summed E-state index contributed by atoms with van der Waals surface area (Å²) in [6.07, 6.45) is -2.14. The molecule has 1 saturated heterocycles. The standard InChI is InChI=1S/C17H22N2O6/c1-12-16(23)18(10-14(20)9-15(21)22)7-8-19(12)17(24)25-11-13-5-3-2-4-6-13/h2-6,12,14,20H,7-11H2,1H3,(H,21,22). The van der Waals surface area contributed by atoms with Gasteiger partial charge in [-0.05, 0) is 12.5 Å². The summed E-state index contributed by atoms with van der Waals surface area (Å²) in [6.45, 7) is 2.13. The van der Waals surface area contributed by atoms with Gasteiger partial charge in [0.15, 0.2) is 0 Å². The van der Waals surface area contributed by atoms with Gasteiger partial charge in [0, 0.05) is 19.6 Å². The predicted octanol–water partition coefficient (Wildman–Crippen LogP) is 0.691. The highest BCUT2D eigenvalue weighted by atomic mass is 16.6. The van der Waals surface area contributed by atoms with Gasteiger partial charge in [-0.2, -0.15) is 0 Å². The summed E-state index contributed by atoms with van der Waals surface area (Å²) in [5.41, 5.74) is 0.852. The van der Waals surface area contributed by atoms with Crippen LogP contribution in [0.15, 0.2) is 30.3 Å². The minimum absolute atomic E-state index is 0.0671. The Morgan fingerprint density at radius 2 is 1.96 bits per heavy atom. The maximum absolute atomic E-state index is 12.4. The molecule has 0 aliphatic carbocycles. The summed E-state index contributed by atoms with van der Waals surface area (Å²) < 4.78 is 5.24. The van der Waals surface area contributed by atoms with E-state index in [4.69, 9.17) is 9.84 Å². The molecule has 1 aromatic carbocycles. The molecular formula is C17H22N2O6. The summed E-state index contributed by atoms with van der Waals surface area (Å²) in [7, 11) is 0.